The molecular formula is C13H21NO2. The molecular weight excluding hydrogens is 202 g/mol. The Balaban J connectivity index is 2.31. The molecule has 0 aliphatic carbocycles. The van der Waals surface area contributed by atoms with E-state index < -0.39 is 0 Å². The van der Waals surface area contributed by atoms with Crippen LogP contribution >= 0.6 is 0 Å². The normalized spacial score (nSPS) is 12.4. The molecule has 0 heterocycles. The summed E-state index contributed by atoms with van der Waals surface area (Å²) in [5.74, 6) is 0.931. The van der Waals surface area contributed by atoms with Gasteiger partial charge in [-0.1, -0.05) is 25.1 Å². The van der Waals surface area contributed by atoms with Crippen LogP contribution in [-0.4, -0.2) is 31.4 Å². The van der Waals surface area contributed by atoms with Crippen LogP contribution in [0.2, 0.25) is 0 Å². The van der Waals surface area contributed by atoms with Crippen molar-refractivity contribution in [1.82, 2.24) is 5.32 Å². The van der Waals surface area contributed by atoms with Crippen molar-refractivity contribution in [3.05, 3.63) is 29.8 Å². The molecule has 1 aromatic rings. The van der Waals surface area contributed by atoms with Crippen molar-refractivity contribution in [2.75, 3.05) is 20.2 Å². The highest BCUT2D eigenvalue weighted by molar-refractivity contribution is 5.33. The molecule has 0 bridgehead atoms. The number of hydrogen-bond donors (Lipinski definition) is 2. The van der Waals surface area contributed by atoms with Crippen molar-refractivity contribution in [2.45, 2.75) is 25.9 Å². The third kappa shape index (κ3) is 4.21. The van der Waals surface area contributed by atoms with E-state index in [4.69, 9.17) is 4.74 Å². The van der Waals surface area contributed by atoms with Crippen LogP contribution in [0.4, 0.5) is 0 Å². The maximum atomic E-state index is 9.37. The lowest BCUT2D eigenvalue weighted by atomic mass is 10.1. The lowest BCUT2D eigenvalue weighted by Crippen LogP contribution is -2.27. The zero-order valence-corrected chi connectivity index (χ0v) is 10.1. The molecule has 1 atom stereocenters. The van der Waals surface area contributed by atoms with Gasteiger partial charge in [-0.25, -0.2) is 0 Å². The number of methoxy groups -OCH3 is 1. The second kappa shape index (κ2) is 7.25. The van der Waals surface area contributed by atoms with E-state index in [1.165, 1.54) is 5.56 Å². The van der Waals surface area contributed by atoms with Gasteiger partial charge in [0.2, 0.25) is 0 Å². The number of aliphatic hydroxyl groups is 1. The van der Waals surface area contributed by atoms with Crippen LogP contribution in [0.3, 0.4) is 0 Å². The molecule has 90 valence electrons. The van der Waals surface area contributed by atoms with Crippen molar-refractivity contribution in [3.8, 4) is 5.75 Å². The molecule has 3 nitrogen and oxygen atoms in total. The molecule has 0 saturated heterocycles. The quantitative estimate of drug-likeness (QED) is 0.690. The Kier molecular flexibility index (Phi) is 5.90. The van der Waals surface area contributed by atoms with Crippen LogP contribution in [-0.2, 0) is 6.42 Å². The minimum absolute atomic E-state index is 0.238. The van der Waals surface area contributed by atoms with E-state index in [0.29, 0.717) is 6.54 Å². The van der Waals surface area contributed by atoms with Gasteiger partial charge >= 0.3 is 0 Å². The van der Waals surface area contributed by atoms with Gasteiger partial charge in [-0.2, -0.15) is 0 Å². The van der Waals surface area contributed by atoms with Crippen LogP contribution in [0.15, 0.2) is 24.3 Å². The van der Waals surface area contributed by atoms with E-state index in [2.05, 4.69) is 11.4 Å². The van der Waals surface area contributed by atoms with Crippen LogP contribution in [0.5, 0.6) is 5.75 Å². The first-order valence-electron chi connectivity index (χ1n) is 5.78. The lowest BCUT2D eigenvalue weighted by Gasteiger charge is -2.11. The molecule has 0 amide bonds. The summed E-state index contributed by atoms with van der Waals surface area (Å²) in [7, 11) is 1.69. The third-order valence-corrected chi connectivity index (χ3v) is 2.61. The number of ether oxygens (including phenoxy) is 1. The summed E-state index contributed by atoms with van der Waals surface area (Å²) in [6.45, 7) is 3.50. The fourth-order valence-electron chi connectivity index (χ4n) is 1.55. The van der Waals surface area contributed by atoms with E-state index in [9.17, 15) is 5.11 Å². The number of benzene rings is 1. The van der Waals surface area contributed by atoms with Gasteiger partial charge in [0.15, 0.2) is 0 Å². The number of nitrogens with one attached hydrogen (secondary N) is 1. The van der Waals surface area contributed by atoms with E-state index in [1.54, 1.807) is 7.11 Å². The average Bonchev–Trinajstić information content (AvgIpc) is 2.34. The highest BCUT2D eigenvalue weighted by Crippen LogP contribution is 2.17. The molecule has 0 spiro atoms. The van der Waals surface area contributed by atoms with Crippen LogP contribution in [0, 0.1) is 0 Å². The van der Waals surface area contributed by atoms with Gasteiger partial charge in [0.25, 0.3) is 0 Å². The van der Waals surface area contributed by atoms with Crippen molar-refractivity contribution in [1.29, 1.82) is 0 Å². The average molecular weight is 223 g/mol. The van der Waals surface area contributed by atoms with Crippen molar-refractivity contribution < 1.29 is 9.84 Å². The summed E-state index contributed by atoms with van der Waals surface area (Å²) in [6.07, 6.45) is 1.47. The first kappa shape index (κ1) is 13.0. The SMILES string of the molecule is CCC(O)CNCCc1ccccc1OC. The summed E-state index contributed by atoms with van der Waals surface area (Å²) in [6, 6.07) is 8.02. The fourth-order valence-corrected chi connectivity index (χ4v) is 1.55. The maximum absolute atomic E-state index is 9.37. The van der Waals surface area contributed by atoms with E-state index in [0.717, 1.165) is 25.1 Å². The van der Waals surface area contributed by atoms with Gasteiger partial charge in [-0.05, 0) is 31.0 Å². The Hall–Kier alpha value is -1.06. The van der Waals surface area contributed by atoms with Gasteiger partial charge in [-0.3, -0.25) is 0 Å². The summed E-state index contributed by atoms with van der Waals surface area (Å²) in [4.78, 5) is 0. The molecule has 16 heavy (non-hydrogen) atoms. The zero-order valence-electron chi connectivity index (χ0n) is 10.1. The largest absolute Gasteiger partial charge is 0.496 e. The Morgan fingerprint density at radius 3 is 2.81 bits per heavy atom. The predicted molar refractivity (Wildman–Crippen MR) is 65.9 cm³/mol. The van der Waals surface area contributed by atoms with Gasteiger partial charge in [0.1, 0.15) is 5.75 Å². The summed E-state index contributed by atoms with van der Waals surface area (Å²) < 4.78 is 5.27. The monoisotopic (exact) mass is 223 g/mol. The molecule has 0 aliphatic heterocycles. The topological polar surface area (TPSA) is 41.5 Å². The Labute approximate surface area is 97.4 Å². The van der Waals surface area contributed by atoms with Crippen LogP contribution in [0.1, 0.15) is 18.9 Å². The minimum Gasteiger partial charge on any atom is -0.496 e. The molecule has 0 saturated carbocycles. The third-order valence-electron chi connectivity index (χ3n) is 2.61. The second-order valence-corrected chi connectivity index (χ2v) is 3.83. The zero-order chi connectivity index (χ0) is 11.8. The molecule has 0 aliphatic rings. The highest BCUT2D eigenvalue weighted by atomic mass is 16.5. The number of aliphatic hydroxyl groups excluding tert-OH is 1. The molecule has 1 rings (SSSR count). The van der Waals surface area contributed by atoms with E-state index in [1.807, 2.05) is 25.1 Å². The molecule has 0 aromatic heterocycles. The molecule has 1 unspecified atom stereocenters. The van der Waals surface area contributed by atoms with E-state index in [-0.39, 0.29) is 6.10 Å². The van der Waals surface area contributed by atoms with Crippen molar-refractivity contribution in [3.63, 3.8) is 0 Å². The van der Waals surface area contributed by atoms with Gasteiger partial charge in [0.05, 0.1) is 13.2 Å². The van der Waals surface area contributed by atoms with Gasteiger partial charge in [0, 0.05) is 6.54 Å². The van der Waals surface area contributed by atoms with Gasteiger partial charge in [-0.15, -0.1) is 0 Å². The van der Waals surface area contributed by atoms with E-state index >= 15 is 0 Å². The fraction of sp³-hybridized carbons (Fsp3) is 0.538. The smallest absolute Gasteiger partial charge is 0.122 e. The Bertz CT molecular complexity index is 302. The Morgan fingerprint density at radius 1 is 1.38 bits per heavy atom. The minimum atomic E-state index is -0.238. The molecule has 2 N–H and O–H groups in total. The first-order valence-corrected chi connectivity index (χ1v) is 5.78. The summed E-state index contributed by atoms with van der Waals surface area (Å²) in [5, 5.41) is 12.6. The summed E-state index contributed by atoms with van der Waals surface area (Å²) >= 11 is 0. The van der Waals surface area contributed by atoms with Gasteiger partial charge < -0.3 is 15.2 Å². The summed E-state index contributed by atoms with van der Waals surface area (Å²) in [5.41, 5.74) is 1.20. The van der Waals surface area contributed by atoms with Crippen LogP contribution in [0.25, 0.3) is 0 Å². The highest BCUT2D eigenvalue weighted by Gasteiger charge is 2.02. The van der Waals surface area contributed by atoms with Crippen molar-refractivity contribution in [2.24, 2.45) is 0 Å². The number of rotatable bonds is 7. The standard InChI is InChI=1S/C13H21NO2/c1-3-12(15)10-14-9-8-11-6-4-5-7-13(11)16-2/h4-7,12,14-15H,3,8-10H2,1-2H3. The lowest BCUT2D eigenvalue weighted by molar-refractivity contribution is 0.168. The molecule has 1 aromatic carbocycles. The van der Waals surface area contributed by atoms with Crippen molar-refractivity contribution >= 4 is 0 Å². The Morgan fingerprint density at radius 2 is 2.12 bits per heavy atom. The molecule has 3 heteroatoms. The molecule has 0 radical (unpaired) electrons. The van der Waals surface area contributed by atoms with Crippen LogP contribution < -0.4 is 10.1 Å². The maximum Gasteiger partial charge on any atom is 0.122 e. The molecule has 0 fully saturated rings. The first-order chi connectivity index (χ1) is 7.77. The second-order valence-electron chi connectivity index (χ2n) is 3.83. The number of hydrogen-bond acceptors (Lipinski definition) is 3. The predicted octanol–water partition coefficient (Wildman–Crippen LogP) is 1.60. The number of para-hydroxylation sites is 1.